The fraction of sp³-hybridized carbons (Fsp3) is 0.333. The average molecular weight is 1530 g/mol. The molecule has 2 aliphatic rings. The number of unbranched alkanes of at least 4 members (excludes halogenated alkanes) is 9. The molecule has 2 aliphatic carbocycles. The molecule has 2 fully saturated rings. The highest BCUT2D eigenvalue weighted by molar-refractivity contribution is 6.66. The van der Waals surface area contributed by atoms with Crippen LogP contribution in [0.15, 0.2) is 321 Å². The van der Waals surface area contributed by atoms with Gasteiger partial charge in [-0.3, -0.25) is 4.79 Å². The third kappa shape index (κ3) is 32.4. The van der Waals surface area contributed by atoms with E-state index in [0.29, 0.717) is 19.1 Å². The van der Waals surface area contributed by atoms with Crippen molar-refractivity contribution in [1.29, 1.82) is 0 Å². The third-order valence-electron chi connectivity index (χ3n) is 20.5. The zero-order valence-electron chi connectivity index (χ0n) is 64.5. The van der Waals surface area contributed by atoms with Crippen molar-refractivity contribution in [2.45, 2.75) is 181 Å². The van der Waals surface area contributed by atoms with E-state index >= 15 is 0 Å². The third-order valence-corrected chi connectivity index (χ3v) is 20.7. The summed E-state index contributed by atoms with van der Waals surface area (Å²) >= 11 is 4.71. The van der Waals surface area contributed by atoms with E-state index in [1.165, 1.54) is 153 Å². The second kappa shape index (κ2) is 50.2. The smallest absolute Gasteiger partial charge is 0.330 e. The lowest BCUT2D eigenvalue weighted by Crippen LogP contribution is -2.13. The van der Waals surface area contributed by atoms with Crippen LogP contribution in [0, 0.1) is 11.8 Å². The van der Waals surface area contributed by atoms with Gasteiger partial charge in [0.15, 0.2) is 0 Å². The monoisotopic (exact) mass is 1530 g/mol. The summed E-state index contributed by atoms with van der Waals surface area (Å²) in [5, 5.41) is 33.9. The number of hydrogen-bond acceptors (Lipinski definition) is 13. The first-order valence-corrected chi connectivity index (χ1v) is 40.4. The highest BCUT2D eigenvalue weighted by Crippen LogP contribution is 2.40. The molecule has 12 rings (SSSR count). The van der Waals surface area contributed by atoms with Crippen molar-refractivity contribution in [3.8, 4) is 33.8 Å². The van der Waals surface area contributed by atoms with Crippen molar-refractivity contribution >= 4 is 68.3 Å². The summed E-state index contributed by atoms with van der Waals surface area (Å²) in [5.74, 6) is 4.60. The molecule has 0 aromatic heterocycles. The molecule has 0 atom stereocenters. The van der Waals surface area contributed by atoms with Crippen LogP contribution in [0.4, 0.5) is 45.5 Å². The van der Waals surface area contributed by atoms with E-state index < -0.39 is 5.24 Å². The molecule has 0 radical (unpaired) electrons. The van der Waals surface area contributed by atoms with Gasteiger partial charge in [0.25, 0.3) is 0 Å². The van der Waals surface area contributed by atoms with E-state index in [0.717, 1.165) is 132 Å². The predicted molar refractivity (Wildman–Crippen MR) is 468 cm³/mol. The molecule has 0 heterocycles. The zero-order valence-corrected chi connectivity index (χ0v) is 65.3. The number of allylic oxidation sites excluding steroid dienone is 1. The highest BCUT2D eigenvalue weighted by Gasteiger charge is 2.23. The number of azo groups is 4. The molecule has 0 spiro atoms. The molecule has 0 aliphatic heterocycles. The first-order valence-electron chi connectivity index (χ1n) is 40.0. The van der Waals surface area contributed by atoms with Crippen LogP contribution in [0.2, 0.25) is 0 Å². The van der Waals surface area contributed by atoms with Gasteiger partial charge in [-0.15, -0.1) is 0 Å². The van der Waals surface area contributed by atoms with Gasteiger partial charge in [0.05, 0.1) is 65.3 Å². The molecule has 13 nitrogen and oxygen atoms in total. The Balaban J connectivity index is 0.000000266. The summed E-state index contributed by atoms with van der Waals surface area (Å²) in [7, 11) is 0. The Morgan fingerprint density at radius 3 is 0.973 bits per heavy atom. The lowest BCUT2D eigenvalue weighted by Gasteiger charge is -2.29. The Morgan fingerprint density at radius 2 is 0.637 bits per heavy atom. The largest absolute Gasteiger partial charge is 0.494 e. The van der Waals surface area contributed by atoms with E-state index in [2.05, 4.69) is 158 Å². The van der Waals surface area contributed by atoms with Crippen LogP contribution in [-0.4, -0.2) is 31.0 Å². The number of aryl methyl sites for hydroxylation is 2. The molecule has 0 N–H and O–H groups in total. The minimum Gasteiger partial charge on any atom is -0.494 e. The first kappa shape index (κ1) is 87.7. The summed E-state index contributed by atoms with van der Waals surface area (Å²) in [6.45, 7) is 10.9. The number of carbonyl (C=O) groups excluding carboxylic acids is 2. The number of carbonyl (C=O) groups is 2. The standard InChI is InChI=1S/C51H58N4O3.C43H46N4O.C3H3ClO.2CH4/c1-2-51(56)58-39-13-6-4-9-15-41-20-24-43(25-21-41)45-28-26-44(27-29-45)42-22-18-40(19-23-42)14-8-3-5-12-38-57-50-36-34-49(35-37-50)55-54-48-32-30-47(31-33-48)53-52-46-16-10-7-11-17-46;1-33-12-16-35(17-13-33)37-20-22-38(23-21-37)36-18-14-34(15-19-36)9-5-2-3-8-32-48-43-30-28-42(29-31-43)47-46-41-26-24-40(25-27-41)45-44-39-10-6-4-7-11-39;1-2-3(4)5;;/h2,7,10-11,16-19,22-23,26-37,41,43H,1,3-6,8-9,12-15,20-21,24-25,38-39H2;4,6-7,10-11,14-15,18-31,33,35H,2-3,5,8-9,12-13,16-17,32H2,1H3;2H,1H2;2*1H4. The van der Waals surface area contributed by atoms with Crippen LogP contribution in [0.25, 0.3) is 22.3 Å². The molecular formula is C99H115ClN8O5. The van der Waals surface area contributed by atoms with Crippen molar-refractivity contribution in [3.05, 3.63) is 302 Å². The van der Waals surface area contributed by atoms with Gasteiger partial charge in [0.1, 0.15) is 11.5 Å². The van der Waals surface area contributed by atoms with Gasteiger partial charge in [0.2, 0.25) is 5.24 Å². The van der Waals surface area contributed by atoms with Crippen molar-refractivity contribution in [2.24, 2.45) is 52.7 Å². The normalized spacial score (nSPS) is 15.2. The minimum absolute atomic E-state index is 0. The topological polar surface area (TPSA) is 161 Å². The van der Waals surface area contributed by atoms with Gasteiger partial charge in [-0.1, -0.05) is 233 Å². The molecule has 588 valence electrons. The highest BCUT2D eigenvalue weighted by atomic mass is 35.5. The van der Waals surface area contributed by atoms with Gasteiger partial charge in [-0.05, 0) is 291 Å². The fourth-order valence-electron chi connectivity index (χ4n) is 13.9. The van der Waals surface area contributed by atoms with E-state index in [-0.39, 0.29) is 20.8 Å². The molecule has 0 unspecified atom stereocenters. The van der Waals surface area contributed by atoms with Crippen LogP contribution in [0.1, 0.15) is 191 Å². The molecule has 0 amide bonds. The summed E-state index contributed by atoms with van der Waals surface area (Å²) < 4.78 is 17.0. The summed E-state index contributed by atoms with van der Waals surface area (Å²) in [6, 6.07) is 86.9. The number of esters is 1. The average Bonchev–Trinajstić information content (AvgIpc) is 0.832. The Morgan fingerprint density at radius 1 is 0.345 bits per heavy atom. The molecule has 2 saturated carbocycles. The number of halogens is 1. The van der Waals surface area contributed by atoms with Crippen molar-refractivity contribution in [1.82, 2.24) is 0 Å². The van der Waals surface area contributed by atoms with E-state index in [1.807, 2.05) is 158 Å². The number of rotatable bonds is 37. The molecule has 0 bridgehead atoms. The quantitative estimate of drug-likeness (QED) is 0.0124. The zero-order chi connectivity index (χ0) is 77.1. The van der Waals surface area contributed by atoms with Gasteiger partial charge < -0.3 is 14.2 Å². The molecule has 10 aromatic carbocycles. The van der Waals surface area contributed by atoms with E-state index in [9.17, 15) is 9.59 Å². The van der Waals surface area contributed by atoms with Crippen molar-refractivity contribution in [2.75, 3.05) is 19.8 Å². The maximum absolute atomic E-state index is 11.1. The molecular weight excluding hydrogens is 1420 g/mol. The Labute approximate surface area is 678 Å². The number of hydrogen-bond donors (Lipinski definition) is 0. The van der Waals surface area contributed by atoms with Crippen LogP contribution in [0.5, 0.6) is 11.5 Å². The first-order chi connectivity index (χ1) is 54.6. The Bertz CT molecular complexity index is 4460. The lowest BCUT2D eigenvalue weighted by atomic mass is 9.77. The van der Waals surface area contributed by atoms with E-state index in [4.69, 9.17) is 25.8 Å². The Hall–Kier alpha value is -10.9. The number of nitrogens with zero attached hydrogens (tertiary/aromatic N) is 8. The van der Waals surface area contributed by atoms with Gasteiger partial charge in [-0.2, -0.15) is 40.9 Å². The van der Waals surface area contributed by atoms with Gasteiger partial charge in [-0.25, -0.2) is 4.79 Å². The maximum Gasteiger partial charge on any atom is 0.330 e. The second-order valence-electron chi connectivity index (χ2n) is 28.9. The van der Waals surface area contributed by atoms with Crippen LogP contribution in [0.3, 0.4) is 0 Å². The molecule has 0 saturated heterocycles. The number of ether oxygens (including phenoxy) is 3. The van der Waals surface area contributed by atoms with Crippen LogP contribution >= 0.6 is 11.6 Å². The maximum atomic E-state index is 11.1. The fourth-order valence-corrected chi connectivity index (χ4v) is 13.9. The second-order valence-corrected chi connectivity index (χ2v) is 29.3. The summed E-state index contributed by atoms with van der Waals surface area (Å²) in [6.07, 6.45) is 30.3. The molecule has 14 heteroatoms. The Kier molecular flexibility index (Phi) is 38.9. The van der Waals surface area contributed by atoms with Crippen LogP contribution in [-0.2, 0) is 27.2 Å². The summed E-state index contributed by atoms with van der Waals surface area (Å²) in [5.41, 5.74) is 17.3. The lowest BCUT2D eigenvalue weighted by molar-refractivity contribution is -0.137. The number of benzene rings is 10. The summed E-state index contributed by atoms with van der Waals surface area (Å²) in [4.78, 5) is 20.6. The van der Waals surface area contributed by atoms with Gasteiger partial charge >= 0.3 is 5.97 Å². The van der Waals surface area contributed by atoms with Gasteiger partial charge in [0, 0.05) is 6.08 Å². The SMILES string of the molecule is C.C.C=CC(=O)Cl.C=CC(=O)OCCCCCCC1CCC(c2ccc(-c3ccc(CCCCCCOc4ccc(N=Nc5ccc(N=Nc6ccccc6)cc5)cc4)cc3)cc2)CC1.CC1CCC(c2ccc(-c3ccc(CCCCCCOc4ccc(N=Nc5ccc(N=Nc6ccccc6)cc5)cc4)cc3)cc2)CC1. The molecule has 113 heavy (non-hydrogen) atoms. The minimum atomic E-state index is -0.509. The predicted octanol–water partition coefficient (Wildman–Crippen LogP) is 31.2. The van der Waals surface area contributed by atoms with Crippen molar-refractivity contribution in [3.63, 3.8) is 0 Å². The molecule has 10 aromatic rings. The van der Waals surface area contributed by atoms with Crippen LogP contribution < -0.4 is 9.47 Å². The van der Waals surface area contributed by atoms with Crippen molar-refractivity contribution < 1.29 is 23.8 Å². The van der Waals surface area contributed by atoms with E-state index in [1.54, 1.807) is 0 Å².